The van der Waals surface area contributed by atoms with E-state index in [9.17, 15) is 13.2 Å². The van der Waals surface area contributed by atoms with Crippen molar-refractivity contribution in [3.05, 3.63) is 29.8 Å². The van der Waals surface area contributed by atoms with Crippen molar-refractivity contribution < 1.29 is 13.2 Å². The van der Waals surface area contributed by atoms with Crippen molar-refractivity contribution in [3.8, 4) is 0 Å². The summed E-state index contributed by atoms with van der Waals surface area (Å²) in [6.07, 6.45) is 1.46. The number of thioether (sulfide) groups is 1. The zero-order valence-electron chi connectivity index (χ0n) is 15.6. The highest BCUT2D eigenvalue weighted by Gasteiger charge is 2.24. The first-order valence-electron chi connectivity index (χ1n) is 8.80. The number of benzene rings is 1. The highest BCUT2D eigenvalue weighted by molar-refractivity contribution is 8.01. The van der Waals surface area contributed by atoms with E-state index in [0.717, 1.165) is 22.9 Å². The van der Waals surface area contributed by atoms with Gasteiger partial charge in [-0.1, -0.05) is 49.9 Å². The molecule has 1 N–H and O–H groups in total. The molecule has 0 bridgehead atoms. The lowest BCUT2D eigenvalue weighted by molar-refractivity contribution is 0.102. The van der Waals surface area contributed by atoms with Crippen LogP contribution >= 0.6 is 23.1 Å². The molecule has 10 heteroatoms. The van der Waals surface area contributed by atoms with Gasteiger partial charge >= 0.3 is 0 Å². The Hall–Kier alpha value is -1.49. The Balaban J connectivity index is 2.21. The number of hydrogen-bond donors (Lipinski definition) is 1. The van der Waals surface area contributed by atoms with Gasteiger partial charge in [-0.05, 0) is 36.8 Å². The fraction of sp³-hybridized carbons (Fsp3) is 0.471. The van der Waals surface area contributed by atoms with E-state index in [4.69, 9.17) is 0 Å². The molecule has 1 aromatic heterocycles. The predicted octanol–water partition coefficient (Wildman–Crippen LogP) is 3.71. The molecule has 0 aliphatic heterocycles. The summed E-state index contributed by atoms with van der Waals surface area (Å²) in [6, 6.07) is 6.09. The molecule has 0 aliphatic carbocycles. The van der Waals surface area contributed by atoms with Crippen LogP contribution in [0.25, 0.3) is 0 Å². The minimum Gasteiger partial charge on any atom is -0.296 e. The van der Waals surface area contributed by atoms with E-state index < -0.39 is 15.9 Å². The monoisotopic (exact) mass is 428 g/mol. The molecule has 148 valence electrons. The highest BCUT2D eigenvalue weighted by Crippen LogP contribution is 2.25. The summed E-state index contributed by atoms with van der Waals surface area (Å²) in [5.74, 6) is 0.461. The number of nitrogens with zero attached hydrogens (tertiary/aromatic N) is 3. The number of carbonyl (C=O) groups is 1. The Morgan fingerprint density at radius 2 is 1.89 bits per heavy atom. The van der Waals surface area contributed by atoms with Gasteiger partial charge in [-0.3, -0.25) is 10.1 Å². The van der Waals surface area contributed by atoms with E-state index in [2.05, 4.69) is 15.5 Å². The molecule has 27 heavy (non-hydrogen) atoms. The number of hydrogen-bond acceptors (Lipinski definition) is 7. The van der Waals surface area contributed by atoms with Crippen LogP contribution in [0, 0.1) is 0 Å². The van der Waals surface area contributed by atoms with Gasteiger partial charge in [-0.2, -0.15) is 4.31 Å². The maximum absolute atomic E-state index is 12.9. The first kappa shape index (κ1) is 21.8. The third kappa shape index (κ3) is 5.74. The van der Waals surface area contributed by atoms with Crippen LogP contribution in [0.3, 0.4) is 0 Å². The van der Waals surface area contributed by atoms with E-state index in [1.165, 1.54) is 27.8 Å². The number of rotatable bonds is 10. The summed E-state index contributed by atoms with van der Waals surface area (Å²) < 4.78 is 28.0. The number of aromatic nitrogens is 2. The fourth-order valence-corrected chi connectivity index (χ4v) is 5.72. The Labute approximate surface area is 168 Å². The van der Waals surface area contributed by atoms with Crippen LogP contribution in [-0.2, 0) is 10.0 Å². The molecule has 0 unspecified atom stereocenters. The van der Waals surface area contributed by atoms with E-state index in [0.29, 0.717) is 18.2 Å². The third-order valence-corrected chi connectivity index (χ3v) is 7.32. The van der Waals surface area contributed by atoms with Crippen LogP contribution in [0.5, 0.6) is 0 Å². The smallest absolute Gasteiger partial charge is 0.257 e. The summed E-state index contributed by atoms with van der Waals surface area (Å²) >= 11 is 2.84. The lowest BCUT2D eigenvalue weighted by Crippen LogP contribution is -2.32. The zero-order chi connectivity index (χ0) is 19.9. The number of nitrogens with one attached hydrogen (secondary N) is 1. The van der Waals surface area contributed by atoms with E-state index >= 15 is 0 Å². The van der Waals surface area contributed by atoms with Gasteiger partial charge in [0.15, 0.2) is 4.34 Å². The summed E-state index contributed by atoms with van der Waals surface area (Å²) in [5, 5.41) is 11.0. The second kappa shape index (κ2) is 10.2. The lowest BCUT2D eigenvalue weighted by Gasteiger charge is -2.21. The molecule has 0 fully saturated rings. The van der Waals surface area contributed by atoms with E-state index in [1.54, 1.807) is 23.9 Å². The van der Waals surface area contributed by atoms with Crippen LogP contribution in [0.1, 0.15) is 44.0 Å². The normalized spacial score (nSPS) is 11.7. The van der Waals surface area contributed by atoms with Crippen molar-refractivity contribution in [2.45, 2.75) is 42.8 Å². The standard InChI is InChI=1S/C17H24N4O3S3/c1-4-10-21(11-5-2)27(23,24)14-9-7-8-13(12-14)15(22)18-16-19-20-17(26-16)25-6-3/h7-9,12H,4-6,10-11H2,1-3H3,(H,18,19,22). The largest absolute Gasteiger partial charge is 0.296 e. The molecule has 0 spiro atoms. The van der Waals surface area contributed by atoms with Gasteiger partial charge in [0, 0.05) is 18.7 Å². The second-order valence-corrected chi connectivity index (χ2v) is 10.1. The van der Waals surface area contributed by atoms with E-state index in [1.807, 2.05) is 20.8 Å². The van der Waals surface area contributed by atoms with Gasteiger partial charge in [0.25, 0.3) is 5.91 Å². The van der Waals surface area contributed by atoms with Crippen molar-refractivity contribution in [1.82, 2.24) is 14.5 Å². The fourth-order valence-electron chi connectivity index (χ4n) is 2.41. The molecular weight excluding hydrogens is 404 g/mol. The first-order chi connectivity index (χ1) is 12.9. The van der Waals surface area contributed by atoms with Crippen molar-refractivity contribution in [1.29, 1.82) is 0 Å². The molecule has 1 aromatic carbocycles. The van der Waals surface area contributed by atoms with Crippen LogP contribution in [0.15, 0.2) is 33.5 Å². The Morgan fingerprint density at radius 1 is 1.19 bits per heavy atom. The Kier molecular flexibility index (Phi) is 8.21. The Bertz CT molecular complexity index is 862. The first-order valence-corrected chi connectivity index (χ1v) is 12.0. The van der Waals surface area contributed by atoms with Crippen LogP contribution < -0.4 is 5.32 Å². The number of amides is 1. The number of carbonyl (C=O) groups excluding carboxylic acids is 1. The molecule has 1 amide bonds. The molecule has 0 saturated carbocycles. The SMILES string of the molecule is CCCN(CCC)S(=O)(=O)c1cccc(C(=O)Nc2nnc(SCC)s2)c1. The minimum absolute atomic E-state index is 0.122. The molecule has 0 saturated heterocycles. The molecule has 7 nitrogen and oxygen atoms in total. The van der Waals surface area contributed by atoms with Crippen LogP contribution in [-0.4, -0.2) is 47.7 Å². The van der Waals surface area contributed by atoms with Crippen molar-refractivity contribution in [2.75, 3.05) is 24.2 Å². The molecule has 0 radical (unpaired) electrons. The summed E-state index contributed by atoms with van der Waals surface area (Å²) in [4.78, 5) is 12.6. The summed E-state index contributed by atoms with van der Waals surface area (Å²) in [6.45, 7) is 6.80. The predicted molar refractivity (Wildman–Crippen MR) is 110 cm³/mol. The quantitative estimate of drug-likeness (QED) is 0.458. The molecule has 2 aromatic rings. The maximum Gasteiger partial charge on any atom is 0.257 e. The number of anilines is 1. The molecule has 0 atom stereocenters. The van der Waals surface area contributed by atoms with Gasteiger partial charge in [0.2, 0.25) is 15.2 Å². The van der Waals surface area contributed by atoms with Gasteiger partial charge in [-0.15, -0.1) is 10.2 Å². The third-order valence-electron chi connectivity index (χ3n) is 3.57. The number of sulfonamides is 1. The van der Waals surface area contributed by atoms with Gasteiger partial charge < -0.3 is 0 Å². The van der Waals surface area contributed by atoms with E-state index in [-0.39, 0.29) is 10.5 Å². The van der Waals surface area contributed by atoms with Crippen molar-refractivity contribution in [2.24, 2.45) is 0 Å². The van der Waals surface area contributed by atoms with Crippen molar-refractivity contribution in [3.63, 3.8) is 0 Å². The maximum atomic E-state index is 12.9. The van der Waals surface area contributed by atoms with Gasteiger partial charge in [0.05, 0.1) is 4.90 Å². The Morgan fingerprint density at radius 3 is 2.52 bits per heavy atom. The summed E-state index contributed by atoms with van der Waals surface area (Å²) in [7, 11) is -3.63. The highest BCUT2D eigenvalue weighted by atomic mass is 32.2. The lowest BCUT2D eigenvalue weighted by atomic mass is 10.2. The zero-order valence-corrected chi connectivity index (χ0v) is 18.1. The van der Waals surface area contributed by atoms with Crippen LogP contribution in [0.2, 0.25) is 0 Å². The minimum atomic E-state index is -3.63. The average molecular weight is 429 g/mol. The van der Waals surface area contributed by atoms with Crippen LogP contribution in [0.4, 0.5) is 5.13 Å². The average Bonchev–Trinajstić information content (AvgIpc) is 3.09. The molecule has 2 rings (SSSR count). The second-order valence-electron chi connectivity index (χ2n) is 5.69. The van der Waals surface area contributed by atoms with Gasteiger partial charge in [0.1, 0.15) is 0 Å². The van der Waals surface area contributed by atoms with Gasteiger partial charge in [-0.25, -0.2) is 8.42 Å². The molecular formula is C17H24N4O3S3. The summed E-state index contributed by atoms with van der Waals surface area (Å²) in [5.41, 5.74) is 0.268. The van der Waals surface area contributed by atoms with Crippen molar-refractivity contribution >= 4 is 44.2 Å². The topological polar surface area (TPSA) is 92.3 Å². The molecule has 1 heterocycles. The molecule has 0 aliphatic rings.